The lowest BCUT2D eigenvalue weighted by Crippen LogP contribution is -2.49. The summed E-state index contributed by atoms with van der Waals surface area (Å²) in [5, 5.41) is 2.71. The zero-order valence-corrected chi connectivity index (χ0v) is 19.7. The average molecular weight is 497 g/mol. The predicted molar refractivity (Wildman–Crippen MR) is 129 cm³/mol. The van der Waals surface area contributed by atoms with Crippen LogP contribution in [0, 0.1) is 6.92 Å². The Balaban J connectivity index is 1.60. The molecule has 1 aliphatic rings. The second-order valence-corrected chi connectivity index (χ2v) is 9.81. The third-order valence-corrected chi connectivity index (χ3v) is 6.69. The molecule has 35 heavy (non-hydrogen) atoms. The highest BCUT2D eigenvalue weighted by atomic mass is 31.2. The Kier molecular flexibility index (Phi) is 6.58. The highest BCUT2D eigenvalue weighted by Crippen LogP contribution is 2.35. The van der Waals surface area contributed by atoms with Crippen molar-refractivity contribution in [3.05, 3.63) is 66.0 Å². The number of nitrogens with two attached hydrogens (primary N) is 1. The van der Waals surface area contributed by atoms with Crippen molar-refractivity contribution in [2.75, 3.05) is 11.9 Å². The molecule has 1 aromatic carbocycles. The van der Waals surface area contributed by atoms with Crippen LogP contribution in [0.5, 0.6) is 0 Å². The quantitative estimate of drug-likeness (QED) is 0.291. The molecule has 1 unspecified atom stereocenters. The summed E-state index contributed by atoms with van der Waals surface area (Å²) >= 11 is 0. The number of aromatic nitrogens is 2. The molecule has 3 aromatic rings. The smallest absolute Gasteiger partial charge is 0.356 e. The van der Waals surface area contributed by atoms with E-state index >= 15 is 0 Å². The molecule has 3 amide bonds. The number of nitrogens with one attached hydrogen (secondary N) is 1. The Morgan fingerprint density at radius 3 is 2.66 bits per heavy atom. The normalized spacial score (nSPS) is 15.9. The van der Waals surface area contributed by atoms with Crippen LogP contribution >= 0.6 is 7.60 Å². The van der Waals surface area contributed by atoms with E-state index in [1.54, 1.807) is 31.2 Å². The number of rotatable bonds is 6. The fourth-order valence-corrected chi connectivity index (χ4v) is 4.61. The van der Waals surface area contributed by atoms with Gasteiger partial charge in [-0.3, -0.25) is 18.9 Å². The maximum Gasteiger partial charge on any atom is 0.356 e. The predicted octanol–water partition coefficient (Wildman–Crippen LogP) is 1.04. The number of primary amides is 1. The number of hydrogen-bond acceptors (Lipinski definition) is 5. The highest BCUT2D eigenvalue weighted by Gasteiger charge is 2.31. The second kappa shape index (κ2) is 9.46. The molecule has 2 aromatic heterocycles. The van der Waals surface area contributed by atoms with Crippen LogP contribution in [0.2, 0.25) is 0 Å². The zero-order valence-electron chi connectivity index (χ0n) is 18.8. The molecule has 3 heterocycles. The molecule has 0 spiro atoms. The monoisotopic (exact) mass is 497 g/mol. The van der Waals surface area contributed by atoms with Gasteiger partial charge < -0.3 is 30.3 Å². The van der Waals surface area contributed by atoms with Crippen LogP contribution in [0.4, 0.5) is 5.82 Å². The van der Waals surface area contributed by atoms with Crippen molar-refractivity contribution in [1.29, 1.82) is 0 Å². The van der Waals surface area contributed by atoms with Gasteiger partial charge in [0.25, 0.3) is 5.91 Å². The van der Waals surface area contributed by atoms with E-state index in [0.717, 1.165) is 5.69 Å². The van der Waals surface area contributed by atoms with Crippen LogP contribution in [-0.4, -0.2) is 54.5 Å². The van der Waals surface area contributed by atoms with Gasteiger partial charge in [-0.05, 0) is 43.7 Å². The van der Waals surface area contributed by atoms with Crippen molar-refractivity contribution >= 4 is 47.3 Å². The topological polar surface area (TPSA) is 168 Å². The number of pyridine rings is 1. The molecule has 12 heteroatoms. The van der Waals surface area contributed by atoms with Crippen molar-refractivity contribution in [3.8, 4) is 0 Å². The maximum absolute atomic E-state index is 13.3. The Hall–Kier alpha value is -3.79. The second-order valence-electron chi connectivity index (χ2n) is 8.20. The minimum atomic E-state index is -4.56. The van der Waals surface area contributed by atoms with Crippen LogP contribution in [0.3, 0.4) is 0 Å². The lowest BCUT2D eigenvalue weighted by Gasteiger charge is -2.32. The van der Waals surface area contributed by atoms with E-state index in [4.69, 9.17) is 5.73 Å². The number of carbonyl (C=O) groups excluding carboxylic acids is 3. The van der Waals surface area contributed by atoms with Crippen LogP contribution < -0.4 is 16.4 Å². The lowest BCUT2D eigenvalue weighted by atomic mass is 10.1. The standard InChI is InChI=1S/C23H24N5O6P/c1-14-5-4-7-20(25-14)26-23(31)19-6-2-3-10-28(19)21(29)13-27-12-17(22(24)30)16-11-15(35(32,33)34)8-9-18(16)27/h2-5,7-9,11-12,19H,6,10,13H2,1H3,(H2,24,30)(H,25,26,31)(H2,32,33,34). The Morgan fingerprint density at radius 2 is 1.97 bits per heavy atom. The molecule has 0 fully saturated rings. The molecule has 1 aliphatic heterocycles. The van der Waals surface area contributed by atoms with Gasteiger partial charge in [-0.2, -0.15) is 0 Å². The zero-order chi connectivity index (χ0) is 25.3. The fourth-order valence-electron chi connectivity index (χ4n) is 4.04. The number of anilines is 1. The van der Waals surface area contributed by atoms with Crippen LogP contribution in [-0.2, 0) is 20.7 Å². The van der Waals surface area contributed by atoms with Gasteiger partial charge in [0.05, 0.1) is 10.9 Å². The molecular weight excluding hydrogens is 473 g/mol. The summed E-state index contributed by atoms with van der Waals surface area (Å²) in [7, 11) is -4.56. The van der Waals surface area contributed by atoms with Gasteiger partial charge in [-0.25, -0.2) is 4.98 Å². The number of aryl methyl sites for hydroxylation is 1. The summed E-state index contributed by atoms with van der Waals surface area (Å²) in [5.74, 6) is -1.16. The minimum Gasteiger partial charge on any atom is -0.366 e. The molecule has 11 nitrogen and oxygen atoms in total. The SMILES string of the molecule is Cc1cccc(NC(=O)C2CC=CCN2C(=O)Cn2cc(C(N)=O)c3cc(P(=O)(O)O)ccc32)n1. The number of fused-ring (bicyclic) bond motifs is 1. The first-order valence-electron chi connectivity index (χ1n) is 10.7. The van der Waals surface area contributed by atoms with Crippen LogP contribution in [0.15, 0.2) is 54.7 Å². The van der Waals surface area contributed by atoms with E-state index in [0.29, 0.717) is 17.8 Å². The summed E-state index contributed by atoms with van der Waals surface area (Å²) in [4.78, 5) is 62.9. The van der Waals surface area contributed by atoms with Gasteiger partial charge in [0, 0.05) is 29.3 Å². The summed E-state index contributed by atoms with van der Waals surface area (Å²) in [6.07, 6.45) is 5.33. The van der Waals surface area contributed by atoms with Crippen LogP contribution in [0.1, 0.15) is 22.5 Å². The Morgan fingerprint density at radius 1 is 1.20 bits per heavy atom. The lowest BCUT2D eigenvalue weighted by molar-refractivity contribution is -0.138. The van der Waals surface area contributed by atoms with Crippen molar-refractivity contribution in [3.63, 3.8) is 0 Å². The van der Waals surface area contributed by atoms with E-state index in [1.807, 2.05) is 6.08 Å². The van der Waals surface area contributed by atoms with Crippen molar-refractivity contribution < 1.29 is 28.7 Å². The molecular formula is C23H24N5O6P. The van der Waals surface area contributed by atoms with Gasteiger partial charge >= 0.3 is 7.60 Å². The molecule has 1 atom stereocenters. The van der Waals surface area contributed by atoms with Gasteiger partial charge in [0.15, 0.2) is 0 Å². The third kappa shape index (κ3) is 5.17. The fraction of sp³-hybridized carbons (Fsp3) is 0.217. The first-order valence-corrected chi connectivity index (χ1v) is 12.3. The van der Waals surface area contributed by atoms with Crippen molar-refractivity contribution in [2.24, 2.45) is 5.73 Å². The van der Waals surface area contributed by atoms with Gasteiger partial charge in [0.2, 0.25) is 11.8 Å². The Labute approximate surface area is 200 Å². The van der Waals surface area contributed by atoms with Gasteiger partial charge in [-0.15, -0.1) is 0 Å². The molecule has 0 aliphatic carbocycles. The molecule has 5 N–H and O–H groups in total. The van der Waals surface area contributed by atoms with Gasteiger partial charge in [-0.1, -0.05) is 18.2 Å². The van der Waals surface area contributed by atoms with Gasteiger partial charge in [0.1, 0.15) is 18.4 Å². The first kappa shape index (κ1) is 24.3. The largest absolute Gasteiger partial charge is 0.366 e. The molecule has 0 saturated carbocycles. The summed E-state index contributed by atoms with van der Waals surface area (Å²) in [6, 6.07) is 8.35. The number of benzene rings is 1. The Bertz CT molecular complexity index is 1410. The summed E-state index contributed by atoms with van der Waals surface area (Å²) in [5.41, 5.74) is 6.64. The summed E-state index contributed by atoms with van der Waals surface area (Å²) in [6.45, 7) is 1.82. The number of amides is 3. The average Bonchev–Trinajstić information content (AvgIpc) is 3.16. The van der Waals surface area contributed by atoms with Crippen LogP contribution in [0.25, 0.3) is 10.9 Å². The van der Waals surface area contributed by atoms with E-state index in [9.17, 15) is 28.7 Å². The van der Waals surface area contributed by atoms with Crippen molar-refractivity contribution in [2.45, 2.75) is 25.9 Å². The number of hydrogen-bond donors (Lipinski definition) is 4. The maximum atomic E-state index is 13.3. The molecule has 0 saturated heterocycles. The third-order valence-electron chi connectivity index (χ3n) is 5.74. The van der Waals surface area contributed by atoms with E-state index in [2.05, 4.69) is 10.3 Å². The molecule has 0 radical (unpaired) electrons. The van der Waals surface area contributed by atoms with Crippen molar-refractivity contribution in [1.82, 2.24) is 14.5 Å². The molecule has 182 valence electrons. The molecule has 4 rings (SSSR count). The first-order chi connectivity index (χ1) is 16.5. The minimum absolute atomic E-state index is 0.0291. The molecule has 0 bridgehead atoms. The van der Waals surface area contributed by atoms with E-state index < -0.39 is 19.5 Å². The van der Waals surface area contributed by atoms with E-state index in [-0.39, 0.29) is 41.2 Å². The van der Waals surface area contributed by atoms with E-state index in [1.165, 1.54) is 33.9 Å². The summed E-state index contributed by atoms with van der Waals surface area (Å²) < 4.78 is 13.1. The number of nitrogens with zero attached hydrogens (tertiary/aromatic N) is 3. The highest BCUT2D eigenvalue weighted by molar-refractivity contribution is 7.60. The number of carbonyl (C=O) groups is 3.